The van der Waals surface area contributed by atoms with Gasteiger partial charge in [-0.15, -0.1) is 0 Å². The molecule has 2 aromatic carbocycles. The van der Waals surface area contributed by atoms with Crippen LogP contribution in [0.25, 0.3) is 0 Å². The third-order valence-corrected chi connectivity index (χ3v) is 4.79. The monoisotopic (exact) mass is 387 g/mol. The third-order valence-electron chi connectivity index (χ3n) is 4.79. The maximum Gasteiger partial charge on any atom is 0.315 e. The number of halogens is 1. The summed E-state index contributed by atoms with van der Waals surface area (Å²) in [5, 5.41) is 5.76. The second-order valence-electron chi connectivity index (χ2n) is 6.63. The first-order valence-electron chi connectivity index (χ1n) is 9.37. The van der Waals surface area contributed by atoms with E-state index in [0.717, 1.165) is 30.0 Å². The molecule has 150 valence electrons. The zero-order valence-corrected chi connectivity index (χ0v) is 16.0. The number of ether oxygens (including phenoxy) is 2. The van der Waals surface area contributed by atoms with Gasteiger partial charge in [-0.25, -0.2) is 9.18 Å². The fourth-order valence-corrected chi connectivity index (χ4v) is 3.24. The lowest BCUT2D eigenvalue weighted by Crippen LogP contribution is -2.45. The SMILES string of the molecule is COc1ccc(CNC(=O)NCC(c2cccc(F)c2)N2CCOCC2)cc1. The van der Waals surface area contributed by atoms with Crippen LogP contribution in [0, 0.1) is 5.82 Å². The highest BCUT2D eigenvalue weighted by Crippen LogP contribution is 2.22. The summed E-state index contributed by atoms with van der Waals surface area (Å²) in [7, 11) is 1.62. The van der Waals surface area contributed by atoms with Gasteiger partial charge in [0.15, 0.2) is 0 Å². The number of carbonyl (C=O) groups excluding carboxylic acids is 1. The number of nitrogens with one attached hydrogen (secondary N) is 2. The molecule has 28 heavy (non-hydrogen) atoms. The van der Waals surface area contributed by atoms with Crippen LogP contribution in [-0.2, 0) is 11.3 Å². The molecule has 6 nitrogen and oxygen atoms in total. The lowest BCUT2D eigenvalue weighted by molar-refractivity contribution is 0.0166. The molecule has 1 unspecified atom stereocenters. The zero-order valence-electron chi connectivity index (χ0n) is 16.0. The van der Waals surface area contributed by atoms with Crippen LogP contribution in [0.1, 0.15) is 17.2 Å². The van der Waals surface area contributed by atoms with Gasteiger partial charge in [-0.2, -0.15) is 0 Å². The molecule has 1 heterocycles. The van der Waals surface area contributed by atoms with Gasteiger partial charge in [-0.1, -0.05) is 24.3 Å². The van der Waals surface area contributed by atoms with Gasteiger partial charge in [-0.3, -0.25) is 4.90 Å². The van der Waals surface area contributed by atoms with Crippen molar-refractivity contribution < 1.29 is 18.7 Å². The van der Waals surface area contributed by atoms with Crippen LogP contribution in [0.2, 0.25) is 0 Å². The van der Waals surface area contributed by atoms with E-state index in [-0.39, 0.29) is 17.9 Å². The number of hydrogen-bond acceptors (Lipinski definition) is 4. The first-order valence-corrected chi connectivity index (χ1v) is 9.37. The molecule has 1 fully saturated rings. The van der Waals surface area contributed by atoms with E-state index in [0.29, 0.717) is 26.3 Å². The van der Waals surface area contributed by atoms with Crippen molar-refractivity contribution in [3.63, 3.8) is 0 Å². The number of morpholine rings is 1. The fraction of sp³-hybridized carbons (Fsp3) is 0.381. The number of hydrogen-bond donors (Lipinski definition) is 2. The van der Waals surface area contributed by atoms with Gasteiger partial charge >= 0.3 is 6.03 Å². The highest BCUT2D eigenvalue weighted by molar-refractivity contribution is 5.73. The van der Waals surface area contributed by atoms with Gasteiger partial charge in [0.1, 0.15) is 11.6 Å². The number of carbonyl (C=O) groups is 1. The summed E-state index contributed by atoms with van der Waals surface area (Å²) in [6, 6.07) is 13.7. The normalized spacial score (nSPS) is 15.6. The molecule has 0 saturated carbocycles. The molecule has 1 atom stereocenters. The molecule has 7 heteroatoms. The summed E-state index contributed by atoms with van der Waals surface area (Å²) in [4.78, 5) is 14.5. The van der Waals surface area contributed by atoms with Gasteiger partial charge in [0.05, 0.1) is 26.4 Å². The van der Waals surface area contributed by atoms with Crippen molar-refractivity contribution in [2.24, 2.45) is 0 Å². The number of urea groups is 1. The molecular weight excluding hydrogens is 361 g/mol. The molecule has 0 bridgehead atoms. The van der Waals surface area contributed by atoms with Crippen molar-refractivity contribution in [2.45, 2.75) is 12.6 Å². The van der Waals surface area contributed by atoms with Crippen molar-refractivity contribution in [2.75, 3.05) is 40.0 Å². The average molecular weight is 387 g/mol. The molecule has 0 aromatic heterocycles. The summed E-state index contributed by atoms with van der Waals surface area (Å²) in [6.07, 6.45) is 0. The van der Waals surface area contributed by atoms with E-state index in [1.54, 1.807) is 13.2 Å². The van der Waals surface area contributed by atoms with E-state index in [1.807, 2.05) is 30.3 Å². The fourth-order valence-electron chi connectivity index (χ4n) is 3.24. The van der Waals surface area contributed by atoms with Crippen LogP contribution in [0.5, 0.6) is 5.75 Å². The summed E-state index contributed by atoms with van der Waals surface area (Å²) < 4.78 is 24.2. The predicted molar refractivity (Wildman–Crippen MR) is 105 cm³/mol. The lowest BCUT2D eigenvalue weighted by atomic mass is 10.0. The Labute approximate surface area is 164 Å². The Balaban J connectivity index is 1.56. The summed E-state index contributed by atoms with van der Waals surface area (Å²) in [5.41, 5.74) is 1.82. The van der Waals surface area contributed by atoms with Crippen molar-refractivity contribution in [3.8, 4) is 5.75 Å². The number of benzene rings is 2. The topological polar surface area (TPSA) is 62.8 Å². The van der Waals surface area contributed by atoms with E-state index in [2.05, 4.69) is 15.5 Å². The molecule has 1 saturated heterocycles. The smallest absolute Gasteiger partial charge is 0.315 e. The van der Waals surface area contributed by atoms with Crippen molar-refractivity contribution >= 4 is 6.03 Å². The minimum absolute atomic E-state index is 0.105. The number of methoxy groups -OCH3 is 1. The molecule has 2 N–H and O–H groups in total. The maximum atomic E-state index is 13.7. The predicted octanol–water partition coefficient (Wildman–Crippen LogP) is 2.71. The summed E-state index contributed by atoms with van der Waals surface area (Å²) in [6.45, 7) is 3.56. The largest absolute Gasteiger partial charge is 0.497 e. The molecule has 0 radical (unpaired) electrons. The van der Waals surface area contributed by atoms with E-state index in [4.69, 9.17) is 9.47 Å². The Hall–Kier alpha value is -2.64. The summed E-state index contributed by atoms with van der Waals surface area (Å²) in [5.74, 6) is 0.497. The molecule has 2 aromatic rings. The van der Waals surface area contributed by atoms with Crippen molar-refractivity contribution in [1.29, 1.82) is 0 Å². The quantitative estimate of drug-likeness (QED) is 0.767. The van der Waals surface area contributed by atoms with E-state index in [9.17, 15) is 9.18 Å². The van der Waals surface area contributed by atoms with Crippen LogP contribution >= 0.6 is 0 Å². The first kappa shape index (κ1) is 20.1. The molecule has 0 aliphatic carbocycles. The van der Waals surface area contributed by atoms with E-state index in [1.165, 1.54) is 12.1 Å². The van der Waals surface area contributed by atoms with Crippen LogP contribution in [0.4, 0.5) is 9.18 Å². The molecule has 3 rings (SSSR count). The number of nitrogens with zero attached hydrogens (tertiary/aromatic N) is 1. The minimum atomic E-state index is -0.278. The maximum absolute atomic E-state index is 13.7. The standard InChI is InChI=1S/C21H26FN3O3/c1-27-19-7-5-16(6-8-19)14-23-21(26)24-15-20(25-9-11-28-12-10-25)17-3-2-4-18(22)13-17/h2-8,13,20H,9-12,14-15H2,1H3,(H2,23,24,26). The zero-order chi connectivity index (χ0) is 19.8. The van der Waals surface area contributed by atoms with Gasteiger partial charge < -0.3 is 20.1 Å². The first-order chi connectivity index (χ1) is 13.7. The van der Waals surface area contributed by atoms with Crippen molar-refractivity contribution in [3.05, 3.63) is 65.5 Å². The van der Waals surface area contributed by atoms with Gasteiger partial charge in [0, 0.05) is 26.2 Å². The Morgan fingerprint density at radius 2 is 1.93 bits per heavy atom. The Kier molecular flexibility index (Phi) is 7.22. The molecule has 2 amide bonds. The van der Waals surface area contributed by atoms with E-state index < -0.39 is 0 Å². The molecule has 1 aliphatic heterocycles. The number of rotatable bonds is 7. The highest BCUT2D eigenvalue weighted by atomic mass is 19.1. The molecular formula is C21H26FN3O3. The third kappa shape index (κ3) is 5.68. The molecule has 0 spiro atoms. The van der Waals surface area contributed by atoms with Gasteiger partial charge in [-0.05, 0) is 35.4 Å². The Morgan fingerprint density at radius 1 is 1.18 bits per heavy atom. The van der Waals surface area contributed by atoms with Crippen LogP contribution in [-0.4, -0.2) is 50.9 Å². The van der Waals surface area contributed by atoms with Gasteiger partial charge in [0.2, 0.25) is 0 Å². The second kappa shape index (κ2) is 10.1. The molecule has 1 aliphatic rings. The number of amides is 2. The average Bonchev–Trinajstić information content (AvgIpc) is 2.73. The van der Waals surface area contributed by atoms with Crippen molar-refractivity contribution in [1.82, 2.24) is 15.5 Å². The Bertz CT molecular complexity index is 764. The van der Waals surface area contributed by atoms with Crippen LogP contribution in [0.3, 0.4) is 0 Å². The van der Waals surface area contributed by atoms with Gasteiger partial charge in [0.25, 0.3) is 0 Å². The Morgan fingerprint density at radius 3 is 2.61 bits per heavy atom. The lowest BCUT2D eigenvalue weighted by Gasteiger charge is -2.35. The highest BCUT2D eigenvalue weighted by Gasteiger charge is 2.23. The van der Waals surface area contributed by atoms with E-state index >= 15 is 0 Å². The minimum Gasteiger partial charge on any atom is -0.497 e. The van der Waals surface area contributed by atoms with Crippen LogP contribution < -0.4 is 15.4 Å². The second-order valence-corrected chi connectivity index (χ2v) is 6.63. The summed E-state index contributed by atoms with van der Waals surface area (Å²) >= 11 is 0. The van der Waals surface area contributed by atoms with Crippen LogP contribution in [0.15, 0.2) is 48.5 Å².